The average Bonchev–Trinajstić information content (AvgIpc) is 2.71. The van der Waals surface area contributed by atoms with Crippen molar-refractivity contribution in [1.82, 2.24) is 4.90 Å². The van der Waals surface area contributed by atoms with E-state index in [4.69, 9.17) is 9.47 Å². The van der Waals surface area contributed by atoms with Gasteiger partial charge in [-0.25, -0.2) is 0 Å². The van der Waals surface area contributed by atoms with E-state index in [2.05, 4.69) is 15.5 Å². The van der Waals surface area contributed by atoms with Crippen LogP contribution in [-0.2, 0) is 14.3 Å². The van der Waals surface area contributed by atoms with Gasteiger partial charge in [0.05, 0.1) is 19.8 Å². The summed E-state index contributed by atoms with van der Waals surface area (Å²) in [6, 6.07) is 12.9. The predicted octanol–water partition coefficient (Wildman–Crippen LogP) is 2.59. The SMILES string of the molecule is Cc1ccc(C)c(OCC(=O)Nc2ccc(NC(=O)CN3CCOCC3)cc2)c1. The van der Waals surface area contributed by atoms with Gasteiger partial charge in [0.2, 0.25) is 5.91 Å². The molecule has 2 amide bonds. The zero-order chi connectivity index (χ0) is 20.6. The summed E-state index contributed by atoms with van der Waals surface area (Å²) in [4.78, 5) is 26.3. The molecule has 1 saturated heterocycles. The molecule has 1 aliphatic heterocycles. The van der Waals surface area contributed by atoms with Gasteiger partial charge in [0.15, 0.2) is 6.61 Å². The number of nitrogens with one attached hydrogen (secondary N) is 2. The van der Waals surface area contributed by atoms with Crippen LogP contribution in [0, 0.1) is 13.8 Å². The highest BCUT2D eigenvalue weighted by Crippen LogP contribution is 2.19. The van der Waals surface area contributed by atoms with Gasteiger partial charge in [-0.15, -0.1) is 0 Å². The van der Waals surface area contributed by atoms with Gasteiger partial charge >= 0.3 is 0 Å². The van der Waals surface area contributed by atoms with E-state index >= 15 is 0 Å². The highest BCUT2D eigenvalue weighted by Gasteiger charge is 2.14. The zero-order valence-electron chi connectivity index (χ0n) is 16.9. The standard InChI is InChI=1S/C22H27N3O4/c1-16-3-4-17(2)20(13-16)29-15-22(27)24-19-7-5-18(6-8-19)23-21(26)14-25-9-11-28-12-10-25/h3-8,13H,9-12,14-15H2,1-2H3,(H,23,26)(H,24,27). The molecule has 0 saturated carbocycles. The lowest BCUT2D eigenvalue weighted by atomic mass is 10.1. The molecule has 0 spiro atoms. The zero-order valence-corrected chi connectivity index (χ0v) is 16.9. The fourth-order valence-electron chi connectivity index (χ4n) is 3.00. The number of benzene rings is 2. The molecule has 0 unspecified atom stereocenters. The molecule has 0 radical (unpaired) electrons. The van der Waals surface area contributed by atoms with E-state index in [1.165, 1.54) is 0 Å². The molecule has 0 atom stereocenters. The van der Waals surface area contributed by atoms with Crippen LogP contribution < -0.4 is 15.4 Å². The Bertz CT molecular complexity index is 846. The Morgan fingerprint density at radius 1 is 0.966 bits per heavy atom. The Hall–Kier alpha value is -2.90. The Morgan fingerprint density at radius 2 is 1.59 bits per heavy atom. The predicted molar refractivity (Wildman–Crippen MR) is 112 cm³/mol. The summed E-state index contributed by atoms with van der Waals surface area (Å²) in [6.07, 6.45) is 0. The van der Waals surface area contributed by atoms with Crippen LogP contribution in [0.15, 0.2) is 42.5 Å². The number of nitrogens with zero attached hydrogens (tertiary/aromatic N) is 1. The number of carbonyl (C=O) groups is 2. The molecular formula is C22H27N3O4. The third-order valence-corrected chi connectivity index (χ3v) is 4.63. The Labute approximate surface area is 171 Å². The first-order valence-corrected chi connectivity index (χ1v) is 9.69. The van der Waals surface area contributed by atoms with E-state index in [1.54, 1.807) is 24.3 Å². The summed E-state index contributed by atoms with van der Waals surface area (Å²) in [7, 11) is 0. The van der Waals surface area contributed by atoms with Gasteiger partial charge < -0.3 is 20.1 Å². The van der Waals surface area contributed by atoms with E-state index in [0.717, 1.165) is 24.2 Å². The maximum absolute atomic E-state index is 12.1. The van der Waals surface area contributed by atoms with Gasteiger partial charge in [0.25, 0.3) is 5.91 Å². The molecule has 154 valence electrons. The molecule has 1 aliphatic rings. The van der Waals surface area contributed by atoms with Crippen molar-refractivity contribution >= 4 is 23.2 Å². The number of aryl methyl sites for hydroxylation is 2. The summed E-state index contributed by atoms with van der Waals surface area (Å²) < 4.78 is 10.9. The summed E-state index contributed by atoms with van der Waals surface area (Å²) >= 11 is 0. The molecule has 1 heterocycles. The van der Waals surface area contributed by atoms with Crippen LogP contribution in [0.5, 0.6) is 5.75 Å². The van der Waals surface area contributed by atoms with Gasteiger partial charge in [-0.1, -0.05) is 12.1 Å². The van der Waals surface area contributed by atoms with Crippen molar-refractivity contribution in [3.05, 3.63) is 53.6 Å². The first kappa shape index (κ1) is 20.8. The molecular weight excluding hydrogens is 370 g/mol. The first-order chi connectivity index (χ1) is 14.0. The highest BCUT2D eigenvalue weighted by atomic mass is 16.5. The van der Waals surface area contributed by atoms with Gasteiger partial charge in [0, 0.05) is 24.5 Å². The summed E-state index contributed by atoms with van der Waals surface area (Å²) in [5.74, 6) is 0.402. The van der Waals surface area contributed by atoms with Crippen LogP contribution in [-0.4, -0.2) is 56.2 Å². The number of hydrogen-bond acceptors (Lipinski definition) is 5. The van der Waals surface area contributed by atoms with Crippen molar-refractivity contribution in [2.24, 2.45) is 0 Å². The van der Waals surface area contributed by atoms with E-state index < -0.39 is 0 Å². The van der Waals surface area contributed by atoms with Crippen LogP contribution in [0.1, 0.15) is 11.1 Å². The van der Waals surface area contributed by atoms with Crippen LogP contribution in [0.2, 0.25) is 0 Å². The van der Waals surface area contributed by atoms with Crippen molar-refractivity contribution in [2.75, 3.05) is 50.1 Å². The van der Waals surface area contributed by atoms with E-state index in [9.17, 15) is 9.59 Å². The second-order valence-electron chi connectivity index (χ2n) is 7.12. The van der Waals surface area contributed by atoms with Gasteiger partial charge in [0.1, 0.15) is 5.75 Å². The van der Waals surface area contributed by atoms with Gasteiger partial charge in [-0.2, -0.15) is 0 Å². The van der Waals surface area contributed by atoms with Crippen LogP contribution in [0.4, 0.5) is 11.4 Å². The Morgan fingerprint density at radius 3 is 2.24 bits per heavy atom. The number of rotatable bonds is 7. The second kappa shape index (κ2) is 10.0. The van der Waals surface area contributed by atoms with E-state index in [-0.39, 0.29) is 18.4 Å². The number of ether oxygens (including phenoxy) is 2. The molecule has 2 N–H and O–H groups in total. The molecule has 2 aromatic carbocycles. The molecule has 1 fully saturated rings. The van der Waals surface area contributed by atoms with Crippen molar-refractivity contribution in [1.29, 1.82) is 0 Å². The number of anilines is 2. The van der Waals surface area contributed by atoms with E-state index in [1.807, 2.05) is 32.0 Å². The Balaban J connectivity index is 1.45. The fourth-order valence-corrected chi connectivity index (χ4v) is 3.00. The first-order valence-electron chi connectivity index (χ1n) is 9.69. The summed E-state index contributed by atoms with van der Waals surface area (Å²) in [6.45, 7) is 7.06. The maximum atomic E-state index is 12.1. The minimum absolute atomic E-state index is 0.0643. The van der Waals surface area contributed by atoms with Crippen LogP contribution >= 0.6 is 0 Å². The molecule has 0 bridgehead atoms. The summed E-state index contributed by atoms with van der Waals surface area (Å²) in [5.41, 5.74) is 3.40. The number of morpholine rings is 1. The van der Waals surface area contributed by atoms with Crippen molar-refractivity contribution in [2.45, 2.75) is 13.8 Å². The lowest BCUT2D eigenvalue weighted by molar-refractivity contribution is -0.119. The van der Waals surface area contributed by atoms with Crippen molar-refractivity contribution in [3.63, 3.8) is 0 Å². The molecule has 7 nitrogen and oxygen atoms in total. The molecule has 3 rings (SSSR count). The van der Waals surface area contributed by atoms with Gasteiger partial charge in [-0.05, 0) is 55.3 Å². The fraction of sp³-hybridized carbons (Fsp3) is 0.364. The largest absolute Gasteiger partial charge is 0.483 e. The number of carbonyl (C=O) groups excluding carboxylic acids is 2. The van der Waals surface area contributed by atoms with Crippen molar-refractivity contribution in [3.8, 4) is 5.75 Å². The monoisotopic (exact) mass is 397 g/mol. The van der Waals surface area contributed by atoms with Crippen molar-refractivity contribution < 1.29 is 19.1 Å². The van der Waals surface area contributed by atoms with E-state index in [0.29, 0.717) is 36.9 Å². The lowest BCUT2D eigenvalue weighted by Crippen LogP contribution is -2.41. The van der Waals surface area contributed by atoms with Crippen LogP contribution in [0.3, 0.4) is 0 Å². The molecule has 29 heavy (non-hydrogen) atoms. The third-order valence-electron chi connectivity index (χ3n) is 4.63. The third kappa shape index (κ3) is 6.58. The lowest BCUT2D eigenvalue weighted by Gasteiger charge is -2.25. The quantitative estimate of drug-likeness (QED) is 0.751. The van der Waals surface area contributed by atoms with Gasteiger partial charge in [-0.3, -0.25) is 14.5 Å². The minimum atomic E-state index is -0.241. The topological polar surface area (TPSA) is 79.9 Å². The molecule has 7 heteroatoms. The molecule has 2 aromatic rings. The van der Waals surface area contributed by atoms with Crippen LogP contribution in [0.25, 0.3) is 0 Å². The number of hydrogen-bond donors (Lipinski definition) is 2. The maximum Gasteiger partial charge on any atom is 0.262 e. The highest BCUT2D eigenvalue weighted by molar-refractivity contribution is 5.94. The average molecular weight is 397 g/mol. The number of amides is 2. The summed E-state index contributed by atoms with van der Waals surface area (Å²) in [5, 5.41) is 5.66. The minimum Gasteiger partial charge on any atom is -0.483 e. The second-order valence-corrected chi connectivity index (χ2v) is 7.12. The Kier molecular flexibility index (Phi) is 7.21. The molecule has 0 aromatic heterocycles. The molecule has 0 aliphatic carbocycles. The normalized spacial score (nSPS) is 14.3. The smallest absolute Gasteiger partial charge is 0.262 e.